The largest absolute Gasteiger partial charge is 0.493 e. The van der Waals surface area contributed by atoms with Gasteiger partial charge in [0.25, 0.3) is 11.8 Å². The second-order valence-corrected chi connectivity index (χ2v) is 7.70. The molecule has 1 aliphatic carbocycles. The maximum absolute atomic E-state index is 12.5. The van der Waals surface area contributed by atoms with Crippen molar-refractivity contribution in [3.05, 3.63) is 83.1 Å². The molecule has 0 N–H and O–H groups in total. The van der Waals surface area contributed by atoms with Crippen LogP contribution in [0.5, 0.6) is 5.75 Å². The van der Waals surface area contributed by atoms with Gasteiger partial charge in [0.2, 0.25) is 0 Å². The molecule has 4 rings (SSSR count). The predicted octanol–water partition coefficient (Wildman–Crippen LogP) is 4.55. The van der Waals surface area contributed by atoms with Gasteiger partial charge in [-0.05, 0) is 56.0 Å². The zero-order valence-electron chi connectivity index (χ0n) is 18.1. The molecule has 2 aromatic carbocycles. The van der Waals surface area contributed by atoms with E-state index in [1.165, 1.54) is 21.6 Å². The van der Waals surface area contributed by atoms with Crippen molar-refractivity contribution in [2.45, 2.75) is 26.7 Å². The summed E-state index contributed by atoms with van der Waals surface area (Å²) in [7, 11) is 0. The molecule has 0 saturated carbocycles. The summed E-state index contributed by atoms with van der Waals surface area (Å²) in [6.07, 6.45) is 7.98. The Hall–Kier alpha value is -3.34. The first-order valence-electron chi connectivity index (χ1n) is 11.0. The van der Waals surface area contributed by atoms with E-state index in [4.69, 9.17) is 4.74 Å². The summed E-state index contributed by atoms with van der Waals surface area (Å²) in [4.78, 5) is 28.6. The minimum Gasteiger partial charge on any atom is -0.493 e. The molecule has 0 atom stereocenters. The highest BCUT2D eigenvalue weighted by Gasteiger charge is 2.34. The molecule has 1 heterocycles. The van der Waals surface area contributed by atoms with Gasteiger partial charge in [-0.2, -0.15) is 0 Å². The topological polar surface area (TPSA) is 49.9 Å². The molecule has 0 radical (unpaired) electrons. The van der Waals surface area contributed by atoms with Crippen LogP contribution >= 0.6 is 0 Å². The minimum absolute atomic E-state index is 0.214. The molecular weight excluding hydrogens is 388 g/mol. The maximum atomic E-state index is 12.5. The first kappa shape index (κ1) is 20.9. The summed E-state index contributed by atoms with van der Waals surface area (Å²) in [5.41, 5.74) is 4.56. The number of amides is 2. The van der Waals surface area contributed by atoms with E-state index in [2.05, 4.69) is 43.2 Å². The standard InChI is InChI=1S/C26H28N2O3/c1-3-27(4-2)18-19-10-7-14-21-20(19)13-8-15-24(21)31-17-9-16-28-25(29)22-11-5-6-12-23(22)26(28)30/h5-8,10-13,15,18H,3-4,9,14,16-17H2,1-2H3. The van der Waals surface area contributed by atoms with E-state index in [1.54, 1.807) is 24.3 Å². The van der Waals surface area contributed by atoms with E-state index in [0.717, 1.165) is 25.3 Å². The lowest BCUT2D eigenvalue weighted by Gasteiger charge is -2.22. The van der Waals surface area contributed by atoms with Crippen LogP contribution in [0, 0.1) is 0 Å². The zero-order chi connectivity index (χ0) is 21.8. The molecule has 0 fully saturated rings. The summed E-state index contributed by atoms with van der Waals surface area (Å²) >= 11 is 0. The van der Waals surface area contributed by atoms with Crippen LogP contribution in [0.4, 0.5) is 0 Å². The van der Waals surface area contributed by atoms with Gasteiger partial charge in [-0.25, -0.2) is 0 Å². The molecular formula is C26H28N2O3. The van der Waals surface area contributed by atoms with Crippen molar-refractivity contribution in [2.24, 2.45) is 0 Å². The third-order valence-corrected chi connectivity index (χ3v) is 5.86. The summed E-state index contributed by atoms with van der Waals surface area (Å²) in [5, 5.41) is 0. The maximum Gasteiger partial charge on any atom is 0.261 e. The van der Waals surface area contributed by atoms with Gasteiger partial charge in [0, 0.05) is 31.4 Å². The van der Waals surface area contributed by atoms with Crippen LogP contribution in [-0.4, -0.2) is 47.9 Å². The van der Waals surface area contributed by atoms with E-state index in [0.29, 0.717) is 30.7 Å². The van der Waals surface area contributed by atoms with Gasteiger partial charge in [-0.15, -0.1) is 0 Å². The lowest BCUT2D eigenvalue weighted by atomic mass is 9.92. The number of allylic oxidation sites excluding steroid dienone is 3. The fraction of sp³-hybridized carbons (Fsp3) is 0.308. The fourth-order valence-corrected chi connectivity index (χ4v) is 4.14. The number of hydrogen-bond acceptors (Lipinski definition) is 4. The Kier molecular flexibility index (Phi) is 6.21. The van der Waals surface area contributed by atoms with Gasteiger partial charge in [0.1, 0.15) is 5.75 Å². The molecule has 0 unspecified atom stereocenters. The van der Waals surface area contributed by atoms with Gasteiger partial charge < -0.3 is 9.64 Å². The molecule has 2 amide bonds. The number of imide groups is 1. The highest BCUT2D eigenvalue weighted by atomic mass is 16.5. The molecule has 0 bridgehead atoms. The molecule has 2 aliphatic rings. The van der Waals surface area contributed by atoms with Gasteiger partial charge in [-0.3, -0.25) is 14.5 Å². The Labute approximate surface area is 183 Å². The van der Waals surface area contributed by atoms with Crippen LogP contribution in [0.2, 0.25) is 0 Å². The Morgan fingerprint density at radius 2 is 1.65 bits per heavy atom. The van der Waals surface area contributed by atoms with Crippen molar-refractivity contribution < 1.29 is 14.3 Å². The van der Waals surface area contributed by atoms with Crippen LogP contribution in [-0.2, 0) is 6.42 Å². The van der Waals surface area contributed by atoms with Crippen LogP contribution in [0.3, 0.4) is 0 Å². The zero-order valence-corrected chi connectivity index (χ0v) is 18.1. The Morgan fingerprint density at radius 3 is 2.32 bits per heavy atom. The quantitative estimate of drug-likeness (QED) is 0.468. The van der Waals surface area contributed by atoms with Crippen LogP contribution in [0.1, 0.15) is 52.1 Å². The molecule has 1 aliphatic heterocycles. The molecule has 5 heteroatoms. The number of nitrogens with zero attached hydrogens (tertiary/aromatic N) is 2. The lowest BCUT2D eigenvalue weighted by molar-refractivity contribution is 0.0646. The van der Waals surface area contributed by atoms with Gasteiger partial charge in [-0.1, -0.05) is 36.4 Å². The SMILES string of the molecule is CCN(C=C1C=CCc2c(OCCCN3C(=O)c4ccccc4C3=O)cccc21)CC. The van der Waals surface area contributed by atoms with Crippen LogP contribution in [0.25, 0.3) is 5.57 Å². The van der Waals surface area contributed by atoms with Crippen molar-refractivity contribution in [1.29, 1.82) is 0 Å². The number of carbonyl (C=O) groups excluding carboxylic acids is 2. The minimum atomic E-state index is -0.214. The monoisotopic (exact) mass is 416 g/mol. The van der Waals surface area contributed by atoms with Gasteiger partial charge in [0.15, 0.2) is 0 Å². The number of ether oxygens (including phenoxy) is 1. The molecule has 0 saturated heterocycles. The smallest absolute Gasteiger partial charge is 0.261 e. The molecule has 160 valence electrons. The third kappa shape index (κ3) is 4.13. The molecule has 31 heavy (non-hydrogen) atoms. The predicted molar refractivity (Wildman–Crippen MR) is 122 cm³/mol. The summed E-state index contributed by atoms with van der Waals surface area (Å²) < 4.78 is 6.09. The first-order valence-corrected chi connectivity index (χ1v) is 11.0. The fourth-order valence-electron chi connectivity index (χ4n) is 4.14. The van der Waals surface area contributed by atoms with Crippen molar-refractivity contribution in [3.8, 4) is 5.75 Å². The molecule has 0 aromatic heterocycles. The number of carbonyl (C=O) groups is 2. The number of benzene rings is 2. The Morgan fingerprint density at radius 1 is 0.968 bits per heavy atom. The average Bonchev–Trinajstić information content (AvgIpc) is 3.05. The molecule has 0 spiro atoms. The van der Waals surface area contributed by atoms with Crippen molar-refractivity contribution in [2.75, 3.05) is 26.2 Å². The first-order chi connectivity index (χ1) is 15.1. The summed E-state index contributed by atoms with van der Waals surface area (Å²) in [6.45, 7) is 7.05. The highest BCUT2D eigenvalue weighted by molar-refractivity contribution is 6.21. The third-order valence-electron chi connectivity index (χ3n) is 5.86. The Balaban J connectivity index is 1.40. The van der Waals surface area contributed by atoms with E-state index in [9.17, 15) is 9.59 Å². The highest BCUT2D eigenvalue weighted by Crippen LogP contribution is 2.33. The second-order valence-electron chi connectivity index (χ2n) is 7.70. The van der Waals surface area contributed by atoms with E-state index >= 15 is 0 Å². The van der Waals surface area contributed by atoms with Crippen LogP contribution in [0.15, 0.2) is 60.8 Å². The lowest BCUT2D eigenvalue weighted by Crippen LogP contribution is -2.31. The van der Waals surface area contributed by atoms with E-state index < -0.39 is 0 Å². The molecule has 2 aromatic rings. The van der Waals surface area contributed by atoms with Gasteiger partial charge >= 0.3 is 0 Å². The van der Waals surface area contributed by atoms with Crippen molar-refractivity contribution in [3.63, 3.8) is 0 Å². The second kappa shape index (κ2) is 9.21. The van der Waals surface area contributed by atoms with Crippen molar-refractivity contribution >= 4 is 17.4 Å². The summed E-state index contributed by atoms with van der Waals surface area (Å²) in [6, 6.07) is 13.1. The summed E-state index contributed by atoms with van der Waals surface area (Å²) in [5.74, 6) is 0.442. The van der Waals surface area contributed by atoms with Gasteiger partial charge in [0.05, 0.1) is 17.7 Å². The van der Waals surface area contributed by atoms with E-state index in [-0.39, 0.29) is 11.8 Å². The van der Waals surface area contributed by atoms with Crippen LogP contribution < -0.4 is 4.74 Å². The number of rotatable bonds is 8. The van der Waals surface area contributed by atoms with Crippen molar-refractivity contribution in [1.82, 2.24) is 9.80 Å². The normalized spacial score (nSPS) is 15.9. The molecule has 5 nitrogen and oxygen atoms in total. The Bertz CT molecular complexity index is 1020. The number of fused-ring (bicyclic) bond motifs is 2. The average molecular weight is 417 g/mol. The number of hydrogen-bond donors (Lipinski definition) is 0. The van der Waals surface area contributed by atoms with E-state index in [1.807, 2.05) is 12.1 Å².